The van der Waals surface area contributed by atoms with Crippen molar-refractivity contribution in [3.8, 4) is 22.6 Å². The number of ether oxygens (including phenoxy) is 2. The Hall–Kier alpha value is -3.87. The van der Waals surface area contributed by atoms with Gasteiger partial charge in [-0.05, 0) is 47.0 Å². The summed E-state index contributed by atoms with van der Waals surface area (Å²) in [5, 5.41) is 2.90. The van der Waals surface area contributed by atoms with Gasteiger partial charge in [-0.15, -0.1) is 0 Å². The van der Waals surface area contributed by atoms with E-state index in [-0.39, 0.29) is 18.2 Å². The van der Waals surface area contributed by atoms with E-state index in [1.807, 2.05) is 30.3 Å². The highest BCUT2D eigenvalue weighted by atomic mass is 16.5. The molecule has 1 saturated heterocycles. The number of piperazine rings is 1. The molecule has 1 fully saturated rings. The second kappa shape index (κ2) is 10.2. The van der Waals surface area contributed by atoms with Gasteiger partial charge in [0.05, 0.1) is 20.6 Å². The molecule has 1 N–H and O–H groups in total. The van der Waals surface area contributed by atoms with Crippen molar-refractivity contribution in [1.29, 1.82) is 0 Å². The molecule has 1 aromatic heterocycles. The summed E-state index contributed by atoms with van der Waals surface area (Å²) in [6.07, 6.45) is 4.07. The quantitative estimate of drug-likeness (QED) is 0.605. The van der Waals surface area contributed by atoms with Crippen LogP contribution >= 0.6 is 0 Å². The first-order valence-corrected chi connectivity index (χ1v) is 10.9. The highest BCUT2D eigenvalue weighted by Gasteiger charge is 2.33. The highest BCUT2D eigenvalue weighted by Crippen LogP contribution is 2.26. The topological polar surface area (TPSA) is 80.8 Å². The molecule has 170 valence electrons. The van der Waals surface area contributed by atoms with Crippen LogP contribution in [0.4, 0.5) is 0 Å². The fourth-order valence-corrected chi connectivity index (χ4v) is 4.15. The number of aromatic nitrogens is 1. The van der Waals surface area contributed by atoms with Gasteiger partial charge in [-0.3, -0.25) is 14.6 Å². The summed E-state index contributed by atoms with van der Waals surface area (Å²) in [5.74, 6) is 1.01. The lowest BCUT2D eigenvalue weighted by molar-refractivity contribution is -0.142. The van der Waals surface area contributed by atoms with Crippen molar-refractivity contribution in [1.82, 2.24) is 15.2 Å². The number of hydrogen-bond acceptors (Lipinski definition) is 5. The molecule has 0 spiro atoms. The van der Waals surface area contributed by atoms with Gasteiger partial charge in [0, 0.05) is 37.5 Å². The fraction of sp³-hybridized carbons (Fsp3) is 0.269. The summed E-state index contributed by atoms with van der Waals surface area (Å²) in [6, 6.07) is 16.7. The highest BCUT2D eigenvalue weighted by molar-refractivity contribution is 5.90. The molecule has 2 heterocycles. The molecule has 1 aliphatic heterocycles. The van der Waals surface area contributed by atoms with Gasteiger partial charge in [-0.25, -0.2) is 0 Å². The predicted octanol–water partition coefficient (Wildman–Crippen LogP) is 2.88. The Morgan fingerprint density at radius 1 is 1.06 bits per heavy atom. The van der Waals surface area contributed by atoms with Gasteiger partial charge in [0.25, 0.3) is 0 Å². The Labute approximate surface area is 193 Å². The summed E-state index contributed by atoms with van der Waals surface area (Å²) in [7, 11) is 3.15. The van der Waals surface area contributed by atoms with Crippen LogP contribution in [-0.2, 0) is 22.4 Å². The van der Waals surface area contributed by atoms with Crippen LogP contribution in [0.25, 0.3) is 11.1 Å². The molecule has 33 heavy (non-hydrogen) atoms. The van der Waals surface area contributed by atoms with Crippen LogP contribution in [0, 0.1) is 0 Å². The molecule has 0 saturated carbocycles. The van der Waals surface area contributed by atoms with Crippen LogP contribution in [0.5, 0.6) is 11.5 Å². The van der Waals surface area contributed by atoms with E-state index in [1.165, 1.54) is 0 Å². The third-order valence-corrected chi connectivity index (χ3v) is 5.85. The average Bonchev–Trinajstić information content (AvgIpc) is 2.86. The van der Waals surface area contributed by atoms with Gasteiger partial charge < -0.3 is 19.7 Å². The number of methoxy groups -OCH3 is 2. The largest absolute Gasteiger partial charge is 0.497 e. The standard InChI is InChI=1S/C26H27N3O4/c1-32-22-6-7-24(33-2)21(16-22)17-25(30)29-13-12-28-26(31)23(29)15-18-4-3-5-20(14-18)19-8-10-27-11-9-19/h3-11,14,16,23H,12-13,15,17H2,1-2H3,(H,28,31)/t23-/m0/s1. The van der Waals surface area contributed by atoms with Gasteiger partial charge >= 0.3 is 0 Å². The number of nitrogens with one attached hydrogen (secondary N) is 1. The van der Waals surface area contributed by atoms with Crippen LogP contribution in [0.2, 0.25) is 0 Å². The molecule has 2 amide bonds. The average molecular weight is 446 g/mol. The molecule has 0 aliphatic carbocycles. The number of carbonyl (C=O) groups is 2. The first kappa shape index (κ1) is 22.3. The van der Waals surface area contributed by atoms with Gasteiger partial charge in [0.1, 0.15) is 17.5 Å². The molecule has 4 rings (SSSR count). The molecule has 0 unspecified atom stereocenters. The van der Waals surface area contributed by atoms with Crippen molar-refractivity contribution in [2.45, 2.75) is 18.9 Å². The van der Waals surface area contributed by atoms with E-state index in [0.717, 1.165) is 22.3 Å². The van der Waals surface area contributed by atoms with Gasteiger partial charge in [0.2, 0.25) is 11.8 Å². The number of pyridine rings is 1. The number of benzene rings is 2. The molecular weight excluding hydrogens is 418 g/mol. The summed E-state index contributed by atoms with van der Waals surface area (Å²) >= 11 is 0. The monoisotopic (exact) mass is 445 g/mol. The minimum Gasteiger partial charge on any atom is -0.497 e. The maximum absolute atomic E-state index is 13.3. The van der Waals surface area contributed by atoms with Crippen LogP contribution < -0.4 is 14.8 Å². The smallest absolute Gasteiger partial charge is 0.243 e. The number of amides is 2. The number of carbonyl (C=O) groups excluding carboxylic acids is 2. The van der Waals surface area contributed by atoms with Crippen molar-refractivity contribution in [2.75, 3.05) is 27.3 Å². The Morgan fingerprint density at radius 2 is 1.88 bits per heavy atom. The molecule has 1 atom stereocenters. The number of rotatable bonds is 7. The molecule has 3 aromatic rings. The molecular formula is C26H27N3O4. The maximum Gasteiger partial charge on any atom is 0.243 e. The number of hydrogen-bond donors (Lipinski definition) is 1. The Bertz CT molecular complexity index is 1130. The van der Waals surface area contributed by atoms with Crippen LogP contribution in [-0.4, -0.2) is 55.0 Å². The molecule has 0 bridgehead atoms. The van der Waals surface area contributed by atoms with E-state index in [9.17, 15) is 9.59 Å². The fourth-order valence-electron chi connectivity index (χ4n) is 4.15. The first-order chi connectivity index (χ1) is 16.1. The minimum absolute atomic E-state index is 0.119. The van der Waals surface area contributed by atoms with Gasteiger partial charge in [-0.2, -0.15) is 0 Å². The van der Waals surface area contributed by atoms with Gasteiger partial charge in [-0.1, -0.05) is 24.3 Å². The summed E-state index contributed by atoms with van der Waals surface area (Å²) < 4.78 is 10.7. The van der Waals surface area contributed by atoms with Crippen molar-refractivity contribution >= 4 is 11.8 Å². The Balaban J connectivity index is 1.55. The molecule has 0 radical (unpaired) electrons. The molecule has 7 heteroatoms. The minimum atomic E-state index is -0.574. The zero-order valence-corrected chi connectivity index (χ0v) is 18.8. The first-order valence-electron chi connectivity index (χ1n) is 10.9. The lowest BCUT2D eigenvalue weighted by Crippen LogP contribution is -2.58. The molecule has 1 aliphatic rings. The van der Waals surface area contributed by atoms with Gasteiger partial charge in [0.15, 0.2) is 0 Å². The van der Waals surface area contributed by atoms with E-state index in [0.29, 0.717) is 31.0 Å². The van der Waals surface area contributed by atoms with E-state index in [4.69, 9.17) is 9.47 Å². The van der Waals surface area contributed by atoms with E-state index >= 15 is 0 Å². The van der Waals surface area contributed by atoms with Crippen molar-refractivity contribution in [2.24, 2.45) is 0 Å². The number of nitrogens with zero attached hydrogens (tertiary/aromatic N) is 2. The zero-order chi connectivity index (χ0) is 23.2. The second-order valence-electron chi connectivity index (χ2n) is 7.89. The summed E-state index contributed by atoms with van der Waals surface area (Å²) in [4.78, 5) is 31.8. The lowest BCUT2D eigenvalue weighted by atomic mass is 9.97. The molecule has 2 aromatic carbocycles. The van der Waals surface area contributed by atoms with E-state index in [1.54, 1.807) is 49.7 Å². The van der Waals surface area contributed by atoms with Crippen LogP contribution in [0.3, 0.4) is 0 Å². The Kier molecular flexibility index (Phi) is 6.88. The van der Waals surface area contributed by atoms with E-state index < -0.39 is 6.04 Å². The lowest BCUT2D eigenvalue weighted by Gasteiger charge is -2.35. The van der Waals surface area contributed by atoms with Crippen LogP contribution in [0.15, 0.2) is 67.0 Å². The second-order valence-corrected chi connectivity index (χ2v) is 7.89. The van der Waals surface area contributed by atoms with Crippen molar-refractivity contribution < 1.29 is 19.1 Å². The third-order valence-electron chi connectivity index (χ3n) is 5.85. The third kappa shape index (κ3) is 5.14. The maximum atomic E-state index is 13.3. The van der Waals surface area contributed by atoms with Crippen LogP contribution in [0.1, 0.15) is 11.1 Å². The predicted molar refractivity (Wildman–Crippen MR) is 125 cm³/mol. The normalized spacial score (nSPS) is 15.6. The molecule has 7 nitrogen and oxygen atoms in total. The van der Waals surface area contributed by atoms with Crippen molar-refractivity contribution in [3.63, 3.8) is 0 Å². The Morgan fingerprint density at radius 3 is 2.64 bits per heavy atom. The van der Waals surface area contributed by atoms with Crippen molar-refractivity contribution in [3.05, 3.63) is 78.1 Å². The van der Waals surface area contributed by atoms with E-state index in [2.05, 4.69) is 16.4 Å². The summed E-state index contributed by atoms with van der Waals surface area (Å²) in [6.45, 7) is 0.902. The zero-order valence-electron chi connectivity index (χ0n) is 18.8. The SMILES string of the molecule is COc1ccc(OC)c(CC(=O)N2CCNC(=O)[C@@H]2Cc2cccc(-c3ccncc3)c2)c1. The summed E-state index contributed by atoms with van der Waals surface area (Å²) in [5.41, 5.74) is 3.82.